The summed E-state index contributed by atoms with van der Waals surface area (Å²) in [5.74, 6) is 1.68. The van der Waals surface area contributed by atoms with Gasteiger partial charge >= 0.3 is 0 Å². The van der Waals surface area contributed by atoms with Crippen LogP contribution in [0.1, 0.15) is 42.0 Å². The van der Waals surface area contributed by atoms with Gasteiger partial charge in [0.2, 0.25) is 17.1 Å². The first kappa shape index (κ1) is 33.3. The van der Waals surface area contributed by atoms with E-state index >= 15 is 0 Å². The van der Waals surface area contributed by atoms with E-state index in [1.54, 1.807) is 39.7 Å². The molecule has 0 spiro atoms. The van der Waals surface area contributed by atoms with Gasteiger partial charge in [0.15, 0.2) is 17.2 Å². The number of hydrogen-bond donors (Lipinski definition) is 3. The van der Waals surface area contributed by atoms with Crippen molar-refractivity contribution in [2.45, 2.75) is 51.4 Å². The van der Waals surface area contributed by atoms with Gasteiger partial charge in [-0.3, -0.25) is 9.59 Å². The Labute approximate surface area is 265 Å². The molecule has 10 nitrogen and oxygen atoms in total. The zero-order valence-electron chi connectivity index (χ0n) is 26.8. The molecule has 0 saturated carbocycles. The van der Waals surface area contributed by atoms with Crippen molar-refractivity contribution in [2.24, 2.45) is 5.11 Å². The Balaban J connectivity index is 1.57. The smallest absolute Gasteiger partial charge is 0.220 e. The Morgan fingerprint density at radius 1 is 0.933 bits per heavy atom. The number of benzene rings is 2. The van der Waals surface area contributed by atoms with Crippen molar-refractivity contribution in [3.63, 3.8) is 0 Å². The van der Waals surface area contributed by atoms with Crippen molar-refractivity contribution in [3.05, 3.63) is 87.3 Å². The summed E-state index contributed by atoms with van der Waals surface area (Å²) in [5.41, 5.74) is 12.3. The van der Waals surface area contributed by atoms with Gasteiger partial charge in [0.25, 0.3) is 0 Å². The van der Waals surface area contributed by atoms with Crippen molar-refractivity contribution in [1.29, 1.82) is 5.53 Å². The minimum absolute atomic E-state index is 0.118. The minimum Gasteiger partial charge on any atom is -0.493 e. The van der Waals surface area contributed by atoms with E-state index in [-0.39, 0.29) is 36.0 Å². The SMILES string of the molecule is COc1cc2c(c(OC)c1OC)CC[C@H](N/C=C(/CCC(=O)NCc1ccc([SiH](C)C)cc1)N=N)c1cc(=O)c(OC)ccc1-2. The van der Waals surface area contributed by atoms with E-state index in [0.717, 1.165) is 27.8 Å². The van der Waals surface area contributed by atoms with Crippen LogP contribution in [0.15, 0.2) is 70.3 Å². The largest absolute Gasteiger partial charge is 0.493 e. The predicted molar refractivity (Wildman–Crippen MR) is 178 cm³/mol. The van der Waals surface area contributed by atoms with Crippen LogP contribution in [0.5, 0.6) is 23.0 Å². The maximum atomic E-state index is 13.1. The third-order valence-electron chi connectivity index (χ3n) is 8.08. The molecule has 1 amide bonds. The summed E-state index contributed by atoms with van der Waals surface area (Å²) in [4.78, 5) is 25.7. The van der Waals surface area contributed by atoms with Crippen molar-refractivity contribution in [1.82, 2.24) is 10.6 Å². The summed E-state index contributed by atoms with van der Waals surface area (Å²) >= 11 is 0. The molecule has 238 valence electrons. The van der Waals surface area contributed by atoms with Crippen molar-refractivity contribution < 1.29 is 23.7 Å². The third-order valence-corrected chi connectivity index (χ3v) is 9.80. The third kappa shape index (κ3) is 7.72. The molecule has 0 saturated heterocycles. The number of methoxy groups -OCH3 is 4. The van der Waals surface area contributed by atoms with E-state index in [1.807, 2.05) is 12.1 Å². The summed E-state index contributed by atoms with van der Waals surface area (Å²) in [5, 5.41) is 11.4. The lowest BCUT2D eigenvalue weighted by atomic mass is 9.96. The van der Waals surface area contributed by atoms with Crippen molar-refractivity contribution in [3.8, 4) is 34.1 Å². The van der Waals surface area contributed by atoms with Gasteiger partial charge in [-0.2, -0.15) is 5.11 Å². The maximum Gasteiger partial charge on any atom is 0.220 e. The number of carbonyl (C=O) groups excluding carboxylic acids is 1. The standard InChI is InChI=1S/C34H42N4O6Si/c1-41-30-15-13-24-26-18-31(42-2)34(44-4)33(43-3)25(26)12-14-28(27(24)17-29(30)39)36-20-22(38-35)9-16-32(40)37-19-21-7-10-23(11-8-21)45(5)6/h7-8,10-11,13,15,17-18,20,28,35-36,45H,9,12,14,16,19H2,1-6H3,(H,37,40)/b22-20-,38-35?/t28-/m0/s1. The first-order chi connectivity index (χ1) is 21.7. The Morgan fingerprint density at radius 3 is 2.27 bits per heavy atom. The highest BCUT2D eigenvalue weighted by molar-refractivity contribution is 6.70. The Kier molecular flexibility index (Phi) is 11.4. The van der Waals surface area contributed by atoms with Crippen LogP contribution < -0.4 is 40.2 Å². The molecule has 3 N–H and O–H groups in total. The van der Waals surface area contributed by atoms with Gasteiger partial charge in [-0.25, -0.2) is 5.53 Å². The van der Waals surface area contributed by atoms with Crippen LogP contribution >= 0.6 is 0 Å². The second-order valence-corrected chi connectivity index (χ2v) is 14.1. The summed E-state index contributed by atoms with van der Waals surface area (Å²) in [6.45, 7) is 5.02. The maximum absolute atomic E-state index is 13.1. The van der Waals surface area contributed by atoms with Gasteiger partial charge in [0.05, 0.1) is 49.0 Å². The molecule has 0 radical (unpaired) electrons. The number of nitrogens with zero attached hydrogens (tertiary/aromatic N) is 1. The highest BCUT2D eigenvalue weighted by Crippen LogP contribution is 2.49. The number of fused-ring (bicyclic) bond motifs is 3. The van der Waals surface area contributed by atoms with Crippen LogP contribution in [0.3, 0.4) is 0 Å². The monoisotopic (exact) mass is 630 g/mol. The molecule has 3 aromatic rings. The average molecular weight is 631 g/mol. The van der Waals surface area contributed by atoms with E-state index < -0.39 is 8.80 Å². The molecule has 1 aliphatic rings. The van der Waals surface area contributed by atoms with Crippen LogP contribution in [0.2, 0.25) is 13.1 Å². The van der Waals surface area contributed by atoms with Crippen molar-refractivity contribution >= 4 is 19.9 Å². The molecule has 0 unspecified atom stereocenters. The number of allylic oxidation sites excluding steroid dienone is 1. The molecule has 0 aromatic heterocycles. The fraction of sp³-hybridized carbons (Fsp3) is 0.353. The summed E-state index contributed by atoms with van der Waals surface area (Å²) < 4.78 is 22.4. The van der Waals surface area contributed by atoms with Gasteiger partial charge in [-0.15, -0.1) is 0 Å². The number of hydrogen-bond acceptors (Lipinski definition) is 9. The second-order valence-electron chi connectivity index (χ2n) is 11.1. The lowest BCUT2D eigenvalue weighted by Crippen LogP contribution is -2.24. The molecule has 45 heavy (non-hydrogen) atoms. The quantitative estimate of drug-likeness (QED) is 0.179. The number of rotatable bonds is 13. The average Bonchev–Trinajstić information content (AvgIpc) is 3.30. The predicted octanol–water partition coefficient (Wildman–Crippen LogP) is 4.99. The molecular formula is C34H42N4O6Si. The van der Waals surface area contributed by atoms with E-state index in [0.29, 0.717) is 42.3 Å². The molecule has 4 rings (SSSR count). The van der Waals surface area contributed by atoms with Gasteiger partial charge in [-0.05, 0) is 53.3 Å². The summed E-state index contributed by atoms with van der Waals surface area (Å²) in [6, 6.07) is 15.1. The number of nitrogens with one attached hydrogen (secondary N) is 3. The fourth-order valence-electron chi connectivity index (χ4n) is 5.56. The van der Waals surface area contributed by atoms with Gasteiger partial charge in [0.1, 0.15) is 0 Å². The van der Waals surface area contributed by atoms with Gasteiger partial charge < -0.3 is 29.6 Å². The highest BCUT2D eigenvalue weighted by Gasteiger charge is 2.28. The Hall–Kier alpha value is -4.64. The first-order valence-corrected chi connectivity index (χ1v) is 17.9. The molecular weight excluding hydrogens is 588 g/mol. The van der Waals surface area contributed by atoms with E-state index in [4.69, 9.17) is 24.5 Å². The Morgan fingerprint density at radius 2 is 1.64 bits per heavy atom. The molecule has 3 aromatic carbocycles. The van der Waals surface area contributed by atoms with Crippen LogP contribution in [0.25, 0.3) is 11.1 Å². The molecule has 0 heterocycles. The van der Waals surface area contributed by atoms with Crippen molar-refractivity contribution in [2.75, 3.05) is 28.4 Å². The molecule has 1 atom stereocenters. The minimum atomic E-state index is -0.856. The number of ether oxygens (including phenoxy) is 4. The Bertz CT molecular complexity index is 1620. The van der Waals surface area contributed by atoms with Gasteiger partial charge in [-0.1, -0.05) is 48.6 Å². The zero-order valence-corrected chi connectivity index (χ0v) is 27.9. The molecule has 0 aliphatic heterocycles. The topological polar surface area (TPSA) is 131 Å². The van der Waals surface area contributed by atoms with E-state index in [1.165, 1.54) is 12.3 Å². The van der Waals surface area contributed by atoms with Crippen LogP contribution in [0.4, 0.5) is 0 Å². The zero-order chi connectivity index (χ0) is 32.5. The van der Waals surface area contributed by atoms with Crippen LogP contribution in [0, 0.1) is 5.53 Å². The van der Waals surface area contributed by atoms with E-state index in [9.17, 15) is 9.59 Å². The number of carbonyl (C=O) groups is 1. The van der Waals surface area contributed by atoms with Crippen LogP contribution in [-0.4, -0.2) is 43.1 Å². The molecule has 11 heteroatoms. The van der Waals surface area contributed by atoms with Gasteiger partial charge in [0, 0.05) is 31.1 Å². The molecule has 1 aliphatic carbocycles. The van der Waals surface area contributed by atoms with Crippen LogP contribution in [-0.2, 0) is 17.8 Å². The second kappa shape index (κ2) is 15.4. The summed E-state index contributed by atoms with van der Waals surface area (Å²) in [6.07, 6.45) is 3.33. The lowest BCUT2D eigenvalue weighted by Gasteiger charge is -2.18. The first-order valence-electron chi connectivity index (χ1n) is 15.0. The normalized spacial score (nSPS) is 14.0. The highest BCUT2D eigenvalue weighted by atomic mass is 28.3. The fourth-order valence-corrected chi connectivity index (χ4v) is 6.52. The summed E-state index contributed by atoms with van der Waals surface area (Å²) in [7, 11) is 5.34. The van der Waals surface area contributed by atoms with E-state index in [2.05, 4.69) is 53.1 Å². The number of amides is 1. The lowest BCUT2D eigenvalue weighted by molar-refractivity contribution is -0.121. The molecule has 0 bridgehead atoms. The molecule has 0 fully saturated rings.